The third-order valence-corrected chi connectivity index (χ3v) is 5.88. The Hall–Kier alpha value is -2.99. The lowest BCUT2D eigenvalue weighted by atomic mass is 9.95. The van der Waals surface area contributed by atoms with Crippen molar-refractivity contribution in [3.8, 4) is 0 Å². The van der Waals surface area contributed by atoms with Gasteiger partial charge in [0.05, 0.1) is 12.6 Å². The molecule has 3 unspecified atom stereocenters. The number of nitrogens with zero attached hydrogens (tertiary/aromatic N) is 1. The van der Waals surface area contributed by atoms with E-state index in [1.807, 2.05) is 13.0 Å². The molecule has 10 N–H and O–H groups in total. The van der Waals surface area contributed by atoms with Crippen LogP contribution in [0.1, 0.15) is 46.5 Å². The predicted molar refractivity (Wildman–Crippen MR) is 151 cm³/mol. The number of aliphatic hydroxyl groups is 2. The Balaban J connectivity index is 5.95. The van der Waals surface area contributed by atoms with Gasteiger partial charge in [-0.05, 0) is 62.8 Å². The first kappa shape index (κ1) is 35.0. The molecule has 0 aliphatic rings. The molecule has 0 aromatic heterocycles. The van der Waals surface area contributed by atoms with Crippen molar-refractivity contribution in [2.24, 2.45) is 23.1 Å². The molecule has 11 heteroatoms. The largest absolute Gasteiger partial charge is 0.508 e. The summed E-state index contributed by atoms with van der Waals surface area (Å²) in [4.78, 5) is 40.2. The molecule has 38 heavy (non-hydrogen) atoms. The number of aliphatic hydroxyl groups excluding tert-OH is 2. The van der Waals surface area contributed by atoms with Crippen LogP contribution < -0.4 is 27.8 Å². The first-order valence-electron chi connectivity index (χ1n) is 13.1. The van der Waals surface area contributed by atoms with E-state index in [0.29, 0.717) is 12.8 Å². The minimum absolute atomic E-state index is 0.132. The van der Waals surface area contributed by atoms with E-state index < -0.39 is 29.9 Å². The Bertz CT molecular complexity index is 855. The Morgan fingerprint density at radius 2 is 1.76 bits per heavy atom. The van der Waals surface area contributed by atoms with Crippen LogP contribution in [0.5, 0.6) is 0 Å². The van der Waals surface area contributed by atoms with E-state index in [9.17, 15) is 24.6 Å². The Labute approximate surface area is 226 Å². The molecule has 3 amide bonds. The summed E-state index contributed by atoms with van der Waals surface area (Å²) in [5, 5.41) is 24.3. The molecule has 0 saturated heterocycles. The smallest absolute Gasteiger partial charge is 0.245 e. The number of nitrogens with two attached hydrogens (primary N) is 3. The lowest BCUT2D eigenvalue weighted by Crippen LogP contribution is -2.57. The maximum atomic E-state index is 13.4. The molecular weight excluding hydrogens is 488 g/mol. The molecular formula is C27H48N6O5. The molecule has 11 nitrogen and oxygen atoms in total. The number of allylic oxidation sites excluding steroid dienone is 6. The molecule has 0 aromatic rings. The number of hydrogen-bond donors (Lipinski definition) is 7. The van der Waals surface area contributed by atoms with Gasteiger partial charge in [-0.1, -0.05) is 38.2 Å². The van der Waals surface area contributed by atoms with E-state index in [0.717, 1.165) is 5.57 Å². The van der Waals surface area contributed by atoms with Gasteiger partial charge in [-0.15, -0.1) is 0 Å². The number of rotatable bonds is 18. The second-order valence-corrected chi connectivity index (χ2v) is 9.06. The van der Waals surface area contributed by atoms with Gasteiger partial charge in [0, 0.05) is 20.1 Å². The van der Waals surface area contributed by atoms with Gasteiger partial charge < -0.3 is 42.9 Å². The van der Waals surface area contributed by atoms with Crippen molar-refractivity contribution in [1.82, 2.24) is 15.5 Å². The highest BCUT2D eigenvalue weighted by Crippen LogP contribution is 2.18. The number of nitrogens with one attached hydrogen (secondary N) is 2. The standard InChI is InChI=1S/C27H48N6O5/c1-5-21(35)11-7-9-20(10-8-16-34)17-19(3)18-24(26(37)31-15-14-29)33(4)27(38)23(12-13-28)32-25(36)22(30)6-2/h5,7-8,10-11,17,19,22-24,34-35H,6,9,12-16,18,28-30H2,1-4H3,(H,31,37)(H,32,36)/b10-8-,11-7-,20-17-,21-5+/t19?,22?,23-,24?/m0/s1. The molecule has 0 rings (SSSR count). The lowest BCUT2D eigenvalue weighted by Gasteiger charge is -2.32. The lowest BCUT2D eigenvalue weighted by molar-refractivity contribution is -0.142. The van der Waals surface area contributed by atoms with Crippen LogP contribution in [-0.4, -0.2) is 84.2 Å². The highest BCUT2D eigenvalue weighted by Gasteiger charge is 2.33. The van der Waals surface area contributed by atoms with Crippen molar-refractivity contribution in [2.45, 2.75) is 64.6 Å². The zero-order chi connectivity index (χ0) is 29.1. The third-order valence-electron chi connectivity index (χ3n) is 5.88. The average molecular weight is 537 g/mol. The second kappa shape index (κ2) is 20.0. The fourth-order valence-corrected chi connectivity index (χ4v) is 3.64. The van der Waals surface area contributed by atoms with Gasteiger partial charge in [-0.3, -0.25) is 14.4 Å². The number of hydrogen-bond acceptors (Lipinski definition) is 8. The molecule has 0 aromatic carbocycles. The third kappa shape index (κ3) is 13.5. The van der Waals surface area contributed by atoms with Crippen molar-refractivity contribution < 1.29 is 24.6 Å². The van der Waals surface area contributed by atoms with Crippen molar-refractivity contribution >= 4 is 17.7 Å². The summed E-state index contributed by atoms with van der Waals surface area (Å²) < 4.78 is 0. The molecule has 4 atom stereocenters. The van der Waals surface area contributed by atoms with Gasteiger partial charge in [0.2, 0.25) is 17.7 Å². The van der Waals surface area contributed by atoms with Crippen molar-refractivity contribution in [1.29, 1.82) is 0 Å². The minimum atomic E-state index is -0.918. The summed E-state index contributed by atoms with van der Waals surface area (Å²) in [6.45, 7) is 5.93. The summed E-state index contributed by atoms with van der Waals surface area (Å²) in [6.07, 6.45) is 11.6. The summed E-state index contributed by atoms with van der Waals surface area (Å²) in [5.41, 5.74) is 17.9. The zero-order valence-electron chi connectivity index (χ0n) is 23.2. The Morgan fingerprint density at radius 1 is 1.08 bits per heavy atom. The molecule has 0 aliphatic heterocycles. The molecule has 0 saturated carbocycles. The summed E-state index contributed by atoms with van der Waals surface area (Å²) in [7, 11) is 1.52. The molecule has 0 aliphatic carbocycles. The molecule has 0 spiro atoms. The second-order valence-electron chi connectivity index (χ2n) is 9.06. The molecule has 216 valence electrons. The summed E-state index contributed by atoms with van der Waals surface area (Å²) in [5.74, 6) is -1.27. The van der Waals surface area contributed by atoms with E-state index in [1.54, 1.807) is 44.2 Å². The van der Waals surface area contributed by atoms with Crippen molar-refractivity contribution in [3.63, 3.8) is 0 Å². The SMILES string of the molecule is C/C=C(O)\C=C/CC(/C=C\CO)=C/C(C)CC(C(=O)NCCN)N(C)C(=O)[C@H](CCN)NC(=O)C(N)CC. The fraction of sp³-hybridized carbons (Fsp3) is 0.593. The molecule has 0 bridgehead atoms. The van der Waals surface area contributed by atoms with E-state index >= 15 is 0 Å². The minimum Gasteiger partial charge on any atom is -0.508 e. The van der Waals surface area contributed by atoms with Crippen LogP contribution in [0.25, 0.3) is 0 Å². The number of carbonyl (C=O) groups excluding carboxylic acids is 3. The van der Waals surface area contributed by atoms with Gasteiger partial charge in [0.1, 0.15) is 17.8 Å². The monoisotopic (exact) mass is 536 g/mol. The maximum Gasteiger partial charge on any atom is 0.245 e. The van der Waals surface area contributed by atoms with Gasteiger partial charge >= 0.3 is 0 Å². The van der Waals surface area contributed by atoms with E-state index in [2.05, 4.69) is 10.6 Å². The number of carbonyl (C=O) groups is 3. The summed E-state index contributed by atoms with van der Waals surface area (Å²) in [6, 6.07) is -2.52. The van der Waals surface area contributed by atoms with Gasteiger partial charge in [-0.2, -0.15) is 0 Å². The fourth-order valence-electron chi connectivity index (χ4n) is 3.64. The normalized spacial score (nSPS) is 15.8. The van der Waals surface area contributed by atoms with Crippen LogP contribution in [-0.2, 0) is 14.4 Å². The first-order chi connectivity index (χ1) is 18.1. The Morgan fingerprint density at radius 3 is 2.32 bits per heavy atom. The van der Waals surface area contributed by atoms with Crippen LogP contribution in [0.4, 0.5) is 0 Å². The maximum absolute atomic E-state index is 13.4. The van der Waals surface area contributed by atoms with Crippen molar-refractivity contribution in [3.05, 3.63) is 47.8 Å². The molecule has 0 radical (unpaired) electrons. The van der Waals surface area contributed by atoms with Gasteiger partial charge in [0.15, 0.2) is 0 Å². The van der Waals surface area contributed by atoms with Gasteiger partial charge in [-0.25, -0.2) is 0 Å². The van der Waals surface area contributed by atoms with Crippen LogP contribution in [0.2, 0.25) is 0 Å². The highest BCUT2D eigenvalue weighted by molar-refractivity contribution is 5.93. The first-order valence-corrected chi connectivity index (χ1v) is 13.1. The highest BCUT2D eigenvalue weighted by atomic mass is 16.3. The van der Waals surface area contributed by atoms with E-state index in [1.165, 1.54) is 11.9 Å². The van der Waals surface area contributed by atoms with Crippen molar-refractivity contribution in [2.75, 3.05) is 33.3 Å². The van der Waals surface area contributed by atoms with Crippen LogP contribution in [0.3, 0.4) is 0 Å². The average Bonchev–Trinajstić information content (AvgIpc) is 2.91. The van der Waals surface area contributed by atoms with E-state index in [-0.39, 0.29) is 56.7 Å². The topological polar surface area (TPSA) is 197 Å². The van der Waals surface area contributed by atoms with Crippen LogP contribution in [0, 0.1) is 5.92 Å². The number of amides is 3. The van der Waals surface area contributed by atoms with E-state index in [4.69, 9.17) is 17.2 Å². The molecule has 0 fully saturated rings. The van der Waals surface area contributed by atoms with Crippen LogP contribution in [0.15, 0.2) is 47.8 Å². The number of likely N-dealkylation sites (N-methyl/N-ethyl adjacent to an activating group) is 1. The summed E-state index contributed by atoms with van der Waals surface area (Å²) >= 11 is 0. The predicted octanol–water partition coefficient (Wildman–Crippen LogP) is 0.368. The van der Waals surface area contributed by atoms with Crippen LogP contribution >= 0.6 is 0 Å². The van der Waals surface area contributed by atoms with Gasteiger partial charge in [0.25, 0.3) is 0 Å². The quantitative estimate of drug-likeness (QED) is 0.0962. The Kier molecular flexibility index (Phi) is 18.5. The zero-order valence-corrected chi connectivity index (χ0v) is 23.2. The molecule has 0 heterocycles.